The second kappa shape index (κ2) is 8.52. The first-order chi connectivity index (χ1) is 15.7. The summed E-state index contributed by atoms with van der Waals surface area (Å²) < 4.78 is 44.6. The fourth-order valence-corrected chi connectivity index (χ4v) is 3.70. The molecule has 1 heterocycles. The van der Waals surface area contributed by atoms with Crippen LogP contribution in [-0.2, 0) is 6.18 Å². The van der Waals surface area contributed by atoms with Crippen LogP contribution in [0.4, 0.5) is 18.9 Å². The van der Waals surface area contributed by atoms with Gasteiger partial charge >= 0.3 is 6.18 Å². The summed E-state index contributed by atoms with van der Waals surface area (Å²) in [5, 5.41) is 20.1. The number of fused-ring (bicyclic) bond motifs is 1. The summed E-state index contributed by atoms with van der Waals surface area (Å²) in [5.41, 5.74) is 6.65. The first kappa shape index (κ1) is 22.2. The van der Waals surface area contributed by atoms with E-state index in [2.05, 4.69) is 11.1 Å². The van der Waals surface area contributed by atoms with Crippen molar-refractivity contribution in [1.29, 1.82) is 5.26 Å². The Kier molecular flexibility index (Phi) is 5.75. The number of aromatic hydroxyl groups is 1. The zero-order valence-electron chi connectivity index (χ0n) is 16.8. The zero-order valence-corrected chi connectivity index (χ0v) is 17.5. The molecule has 0 radical (unpaired) electrons. The van der Waals surface area contributed by atoms with Gasteiger partial charge in [-0.25, -0.2) is 0 Å². The monoisotopic (exact) mass is 469 g/mol. The molecule has 3 aromatic rings. The molecule has 0 fully saturated rings. The molecular formula is C24H15ClF3N3O2. The van der Waals surface area contributed by atoms with E-state index in [4.69, 9.17) is 22.1 Å². The van der Waals surface area contributed by atoms with Crippen LogP contribution in [-0.4, -0.2) is 11.3 Å². The standard InChI is InChI=1S/C24H15ClF3N3O2/c25-18-7-6-15(24(26,27)28)9-19(18)31-12-14-8-16-21(10-20(14)32)33-23(30)17(11-29)22(16)13-4-2-1-3-5-13/h1-10,12,22,32H,30H2/t22-/m1/s1. The minimum absolute atomic E-state index is 0.0182. The van der Waals surface area contributed by atoms with Crippen molar-refractivity contribution in [1.82, 2.24) is 0 Å². The van der Waals surface area contributed by atoms with E-state index >= 15 is 0 Å². The van der Waals surface area contributed by atoms with E-state index in [1.54, 1.807) is 6.07 Å². The highest BCUT2D eigenvalue weighted by atomic mass is 35.5. The van der Waals surface area contributed by atoms with Crippen molar-refractivity contribution in [2.24, 2.45) is 10.7 Å². The molecule has 0 saturated carbocycles. The molecule has 166 valence electrons. The summed E-state index contributed by atoms with van der Waals surface area (Å²) in [5.74, 6) is -0.618. The number of hydrogen-bond acceptors (Lipinski definition) is 5. The van der Waals surface area contributed by atoms with Gasteiger partial charge in [-0.15, -0.1) is 0 Å². The van der Waals surface area contributed by atoms with Crippen molar-refractivity contribution in [3.63, 3.8) is 0 Å². The second-order valence-electron chi connectivity index (χ2n) is 7.21. The zero-order chi connectivity index (χ0) is 23.8. The highest BCUT2D eigenvalue weighted by molar-refractivity contribution is 6.33. The summed E-state index contributed by atoms with van der Waals surface area (Å²) in [7, 11) is 0. The number of phenolic OH excluding ortho intramolecular Hbond substituents is 1. The van der Waals surface area contributed by atoms with E-state index in [9.17, 15) is 23.5 Å². The van der Waals surface area contributed by atoms with Crippen LogP contribution in [0.3, 0.4) is 0 Å². The average Bonchev–Trinajstić information content (AvgIpc) is 2.77. The number of hydrogen-bond donors (Lipinski definition) is 2. The van der Waals surface area contributed by atoms with Gasteiger partial charge in [0.15, 0.2) is 0 Å². The molecule has 0 aliphatic carbocycles. The largest absolute Gasteiger partial charge is 0.507 e. The number of phenols is 1. The van der Waals surface area contributed by atoms with Gasteiger partial charge in [-0.1, -0.05) is 41.9 Å². The molecule has 0 amide bonds. The van der Waals surface area contributed by atoms with E-state index in [0.29, 0.717) is 5.56 Å². The molecule has 1 atom stereocenters. The molecule has 3 N–H and O–H groups in total. The number of benzene rings is 3. The van der Waals surface area contributed by atoms with Crippen molar-refractivity contribution >= 4 is 23.5 Å². The lowest BCUT2D eigenvalue weighted by Crippen LogP contribution is -2.21. The Morgan fingerprint density at radius 3 is 2.52 bits per heavy atom. The normalized spacial score (nSPS) is 15.8. The first-order valence-corrected chi connectivity index (χ1v) is 9.97. The Balaban J connectivity index is 1.80. The Morgan fingerprint density at radius 2 is 1.85 bits per heavy atom. The third-order valence-corrected chi connectivity index (χ3v) is 5.43. The average molecular weight is 470 g/mol. The molecule has 0 spiro atoms. The molecule has 3 aromatic carbocycles. The second-order valence-corrected chi connectivity index (χ2v) is 7.61. The van der Waals surface area contributed by atoms with Crippen molar-refractivity contribution in [2.75, 3.05) is 0 Å². The molecule has 0 bridgehead atoms. The maximum Gasteiger partial charge on any atom is 0.416 e. The summed E-state index contributed by atoms with van der Waals surface area (Å²) in [6.45, 7) is 0. The number of allylic oxidation sites excluding steroid dienone is 1. The van der Waals surface area contributed by atoms with Crippen LogP contribution in [0.2, 0.25) is 5.02 Å². The Hall–Kier alpha value is -3.96. The molecule has 0 unspecified atom stereocenters. The van der Waals surface area contributed by atoms with Crippen molar-refractivity contribution in [2.45, 2.75) is 12.1 Å². The highest BCUT2D eigenvalue weighted by Gasteiger charge is 2.32. The molecule has 5 nitrogen and oxygen atoms in total. The first-order valence-electron chi connectivity index (χ1n) is 9.59. The quantitative estimate of drug-likeness (QED) is 0.458. The van der Waals surface area contributed by atoms with Gasteiger partial charge in [0.2, 0.25) is 5.88 Å². The molecule has 4 rings (SSSR count). The van der Waals surface area contributed by atoms with Crippen LogP contribution < -0.4 is 10.5 Å². The number of nitrogens with zero attached hydrogens (tertiary/aromatic N) is 2. The van der Waals surface area contributed by atoms with Crippen LogP contribution in [0.15, 0.2) is 77.1 Å². The Bertz CT molecular complexity index is 1330. The molecule has 0 aromatic heterocycles. The van der Waals surface area contributed by atoms with Gasteiger partial charge in [0.1, 0.15) is 23.1 Å². The fourth-order valence-electron chi connectivity index (χ4n) is 3.53. The molecule has 9 heteroatoms. The van der Waals surface area contributed by atoms with Crippen molar-refractivity contribution < 1.29 is 23.0 Å². The highest BCUT2D eigenvalue weighted by Crippen LogP contribution is 2.44. The SMILES string of the molecule is N#CC1=C(N)Oc2cc(O)c(C=Nc3cc(C(F)(F)F)ccc3Cl)cc2[C@H]1c1ccccc1. The summed E-state index contributed by atoms with van der Waals surface area (Å²) >= 11 is 6.01. The number of rotatable bonds is 3. The van der Waals surface area contributed by atoms with Crippen LogP contribution >= 0.6 is 11.6 Å². The Labute approximate surface area is 191 Å². The van der Waals surface area contributed by atoms with Gasteiger partial charge < -0.3 is 15.6 Å². The summed E-state index contributed by atoms with van der Waals surface area (Å²) in [6, 6.07) is 16.8. The van der Waals surface area contributed by atoms with Gasteiger partial charge in [0, 0.05) is 23.4 Å². The molecule has 0 saturated heterocycles. The van der Waals surface area contributed by atoms with Crippen LogP contribution in [0.5, 0.6) is 11.5 Å². The molecule has 1 aliphatic rings. The van der Waals surface area contributed by atoms with E-state index in [0.717, 1.165) is 23.8 Å². The van der Waals surface area contributed by atoms with E-state index < -0.39 is 17.7 Å². The molecule has 33 heavy (non-hydrogen) atoms. The number of aliphatic imine (C=N–C) groups is 1. The topological polar surface area (TPSA) is 91.6 Å². The third kappa shape index (κ3) is 4.36. The number of nitrogens with two attached hydrogens (primary N) is 1. The van der Waals surface area contributed by atoms with Crippen LogP contribution in [0, 0.1) is 11.3 Å². The van der Waals surface area contributed by atoms with E-state index in [-0.39, 0.29) is 39.2 Å². The van der Waals surface area contributed by atoms with E-state index in [1.807, 2.05) is 30.3 Å². The van der Waals surface area contributed by atoms with Gasteiger partial charge in [-0.3, -0.25) is 4.99 Å². The van der Waals surface area contributed by atoms with Crippen LogP contribution in [0.1, 0.15) is 28.2 Å². The smallest absolute Gasteiger partial charge is 0.416 e. The minimum Gasteiger partial charge on any atom is -0.507 e. The third-order valence-electron chi connectivity index (χ3n) is 5.11. The number of halogens is 4. The van der Waals surface area contributed by atoms with Gasteiger partial charge in [0.05, 0.1) is 22.2 Å². The summed E-state index contributed by atoms with van der Waals surface area (Å²) in [4.78, 5) is 4.05. The summed E-state index contributed by atoms with van der Waals surface area (Å²) in [6.07, 6.45) is -3.35. The van der Waals surface area contributed by atoms with Crippen LogP contribution in [0.25, 0.3) is 0 Å². The van der Waals surface area contributed by atoms with Gasteiger partial charge in [0.25, 0.3) is 0 Å². The predicted octanol–water partition coefficient (Wildman–Crippen LogP) is 6.03. The number of nitriles is 1. The van der Waals surface area contributed by atoms with Gasteiger partial charge in [-0.2, -0.15) is 18.4 Å². The Morgan fingerprint density at radius 1 is 1.12 bits per heavy atom. The maximum absolute atomic E-state index is 13.0. The number of alkyl halides is 3. The van der Waals surface area contributed by atoms with Crippen molar-refractivity contribution in [3.8, 4) is 17.6 Å². The predicted molar refractivity (Wildman–Crippen MR) is 118 cm³/mol. The number of ether oxygens (including phenoxy) is 1. The molecule has 1 aliphatic heterocycles. The lowest BCUT2D eigenvalue weighted by atomic mass is 9.83. The van der Waals surface area contributed by atoms with Gasteiger partial charge in [-0.05, 0) is 29.8 Å². The lowest BCUT2D eigenvalue weighted by Gasteiger charge is -2.27. The fraction of sp³-hybridized carbons (Fsp3) is 0.0833. The van der Waals surface area contributed by atoms with E-state index in [1.165, 1.54) is 12.3 Å². The van der Waals surface area contributed by atoms with Crippen molar-refractivity contribution in [3.05, 3.63) is 99.4 Å². The lowest BCUT2D eigenvalue weighted by molar-refractivity contribution is -0.137. The maximum atomic E-state index is 13.0. The minimum atomic E-state index is -4.55. The molecular weight excluding hydrogens is 455 g/mol.